The summed E-state index contributed by atoms with van der Waals surface area (Å²) in [6, 6.07) is 26.3. The van der Waals surface area contributed by atoms with Crippen molar-refractivity contribution in [2.45, 2.75) is 29.2 Å². The largest absolute Gasteiger partial charge is 0.457 e. The number of thioether (sulfide) groups is 2. The third-order valence-corrected chi connectivity index (χ3v) is 6.22. The van der Waals surface area contributed by atoms with Crippen LogP contribution in [0.25, 0.3) is 0 Å². The lowest BCUT2D eigenvalue weighted by Crippen LogP contribution is -2.08. The molecule has 0 saturated carbocycles. The first-order valence-electron chi connectivity index (χ1n) is 9.19. The molecule has 0 aliphatic heterocycles. The van der Waals surface area contributed by atoms with Gasteiger partial charge in [-0.05, 0) is 42.0 Å². The van der Waals surface area contributed by atoms with Crippen LogP contribution in [-0.4, -0.2) is 5.97 Å². The van der Waals surface area contributed by atoms with Crippen molar-refractivity contribution in [3.8, 4) is 0 Å². The molecule has 0 heterocycles. The zero-order valence-electron chi connectivity index (χ0n) is 16.0. The van der Waals surface area contributed by atoms with Crippen LogP contribution in [-0.2, 0) is 9.53 Å². The lowest BCUT2D eigenvalue weighted by molar-refractivity contribution is -0.146. The molecule has 0 aliphatic rings. The van der Waals surface area contributed by atoms with E-state index in [1.54, 1.807) is 35.7 Å². The van der Waals surface area contributed by atoms with Gasteiger partial charge in [-0.2, -0.15) is 0 Å². The number of carbonyl (C=O) groups excluding carboxylic acids is 1. The van der Waals surface area contributed by atoms with Gasteiger partial charge >= 0.3 is 5.97 Å². The normalized spacial score (nSPS) is 11.5. The quantitative estimate of drug-likeness (QED) is 0.281. The maximum atomic E-state index is 13.3. The van der Waals surface area contributed by atoms with Crippen molar-refractivity contribution in [2.24, 2.45) is 0 Å². The summed E-state index contributed by atoms with van der Waals surface area (Å²) in [6.45, 7) is 1.39. The topological polar surface area (TPSA) is 26.3 Å². The van der Waals surface area contributed by atoms with Crippen LogP contribution < -0.4 is 0 Å². The van der Waals surface area contributed by atoms with Crippen LogP contribution >= 0.6 is 23.5 Å². The molecule has 3 aromatic carbocycles. The molecule has 0 fully saturated rings. The molecule has 0 aromatic heterocycles. The molecule has 3 aromatic rings. The highest BCUT2D eigenvalue weighted by atomic mass is 32.2. The van der Waals surface area contributed by atoms with E-state index in [4.69, 9.17) is 4.74 Å². The fourth-order valence-corrected chi connectivity index (χ4v) is 4.80. The Morgan fingerprint density at radius 2 is 1.41 bits per heavy atom. The van der Waals surface area contributed by atoms with Crippen LogP contribution in [0.1, 0.15) is 25.0 Å². The van der Waals surface area contributed by atoms with Crippen molar-refractivity contribution >= 4 is 29.5 Å². The molecule has 2 nitrogen and oxygen atoms in total. The first kappa shape index (κ1) is 21.2. The lowest BCUT2D eigenvalue weighted by atomic mass is 10.1. The van der Waals surface area contributed by atoms with Gasteiger partial charge < -0.3 is 4.74 Å². The fourth-order valence-electron chi connectivity index (χ4n) is 2.65. The van der Waals surface area contributed by atoms with E-state index in [9.17, 15) is 9.18 Å². The summed E-state index contributed by atoms with van der Waals surface area (Å²) in [5.74, 6) is -0.675. The second kappa shape index (κ2) is 10.9. The molecule has 3 rings (SSSR count). The van der Waals surface area contributed by atoms with Gasteiger partial charge in [-0.1, -0.05) is 78.1 Å². The van der Waals surface area contributed by atoms with E-state index < -0.39 is 6.10 Å². The van der Waals surface area contributed by atoms with Crippen molar-refractivity contribution in [1.29, 1.82) is 0 Å². The number of rotatable bonds is 8. The average molecular weight is 425 g/mol. The van der Waals surface area contributed by atoms with Crippen LogP contribution in [0, 0.1) is 5.82 Å². The van der Waals surface area contributed by atoms with Gasteiger partial charge in [0.15, 0.2) is 0 Å². The molecule has 0 spiro atoms. The van der Waals surface area contributed by atoms with E-state index in [0.717, 1.165) is 19.6 Å². The maximum absolute atomic E-state index is 13.3. The number of ether oxygens (including phenoxy) is 1. The molecule has 148 valence electrons. The minimum Gasteiger partial charge on any atom is -0.457 e. The summed E-state index contributed by atoms with van der Waals surface area (Å²) in [7, 11) is 0. The Balaban J connectivity index is 1.83. The maximum Gasteiger partial charge on any atom is 0.303 e. The average Bonchev–Trinajstić information content (AvgIpc) is 2.73. The molecule has 0 saturated heterocycles. The number of esters is 1. The van der Waals surface area contributed by atoms with Gasteiger partial charge in [-0.25, -0.2) is 4.39 Å². The number of carbonyl (C=O) groups is 1. The highest BCUT2D eigenvalue weighted by molar-refractivity contribution is 8.22. The summed E-state index contributed by atoms with van der Waals surface area (Å²) in [6.07, 6.45) is 2.11. The summed E-state index contributed by atoms with van der Waals surface area (Å²) in [5, 5.41) is 0. The van der Waals surface area contributed by atoms with Crippen LogP contribution in [0.2, 0.25) is 0 Å². The van der Waals surface area contributed by atoms with Gasteiger partial charge in [0, 0.05) is 27.4 Å². The van der Waals surface area contributed by atoms with E-state index in [0.29, 0.717) is 6.42 Å². The van der Waals surface area contributed by atoms with E-state index in [1.165, 1.54) is 19.1 Å². The van der Waals surface area contributed by atoms with Gasteiger partial charge in [0.2, 0.25) is 0 Å². The van der Waals surface area contributed by atoms with Crippen molar-refractivity contribution in [1.82, 2.24) is 0 Å². The predicted octanol–water partition coefficient (Wildman–Crippen LogP) is 7.25. The molecular formula is C24H21FO2S2. The highest BCUT2D eigenvalue weighted by Crippen LogP contribution is 2.40. The van der Waals surface area contributed by atoms with Gasteiger partial charge in [0.1, 0.15) is 11.9 Å². The third kappa shape index (κ3) is 7.11. The van der Waals surface area contributed by atoms with Crippen LogP contribution in [0.5, 0.6) is 0 Å². The summed E-state index contributed by atoms with van der Waals surface area (Å²) in [5.41, 5.74) is 0.770. The first-order chi connectivity index (χ1) is 14.1. The molecule has 0 N–H and O–H groups in total. The summed E-state index contributed by atoms with van der Waals surface area (Å²) in [4.78, 5) is 13.9. The third-order valence-electron chi connectivity index (χ3n) is 3.97. The standard InChI is InChI=1S/C24H21FO2S2/c1-18(26)27-23(19-12-14-20(25)15-13-19)16-17-24(28-21-8-4-2-5-9-21)29-22-10-6-3-7-11-22/h2-15,17,23H,16H2,1H3/t23-/m0/s1. The van der Waals surface area contributed by atoms with Crippen LogP contribution in [0.3, 0.4) is 0 Å². The monoisotopic (exact) mass is 424 g/mol. The van der Waals surface area contributed by atoms with Gasteiger partial charge in [-0.15, -0.1) is 0 Å². The molecular weight excluding hydrogens is 403 g/mol. The molecule has 29 heavy (non-hydrogen) atoms. The van der Waals surface area contributed by atoms with Gasteiger partial charge in [-0.3, -0.25) is 4.79 Å². The van der Waals surface area contributed by atoms with Crippen LogP contribution in [0.4, 0.5) is 4.39 Å². The second-order valence-corrected chi connectivity index (χ2v) is 8.73. The Kier molecular flexibility index (Phi) is 7.96. The molecule has 0 bridgehead atoms. The van der Waals surface area contributed by atoms with E-state index in [1.807, 2.05) is 36.4 Å². The molecule has 0 amide bonds. The number of hydrogen-bond acceptors (Lipinski definition) is 4. The van der Waals surface area contributed by atoms with Crippen molar-refractivity contribution in [3.05, 3.63) is 107 Å². The van der Waals surface area contributed by atoms with Crippen LogP contribution in [0.15, 0.2) is 105 Å². The van der Waals surface area contributed by atoms with Crippen molar-refractivity contribution in [3.63, 3.8) is 0 Å². The molecule has 1 atom stereocenters. The first-order valence-corrected chi connectivity index (χ1v) is 10.8. The number of halogens is 1. The Labute approximate surface area is 179 Å². The van der Waals surface area contributed by atoms with Crippen molar-refractivity contribution in [2.75, 3.05) is 0 Å². The number of hydrogen-bond donors (Lipinski definition) is 0. The van der Waals surface area contributed by atoms with E-state index in [2.05, 4.69) is 30.3 Å². The second-order valence-electron chi connectivity index (χ2n) is 6.24. The molecule has 5 heteroatoms. The van der Waals surface area contributed by atoms with E-state index in [-0.39, 0.29) is 11.8 Å². The molecule has 0 radical (unpaired) electrons. The Hall–Kier alpha value is -2.50. The van der Waals surface area contributed by atoms with Gasteiger partial charge in [0.25, 0.3) is 0 Å². The smallest absolute Gasteiger partial charge is 0.303 e. The minimum absolute atomic E-state index is 0.314. The molecule has 0 aliphatic carbocycles. The van der Waals surface area contributed by atoms with E-state index >= 15 is 0 Å². The predicted molar refractivity (Wildman–Crippen MR) is 118 cm³/mol. The SMILES string of the molecule is CC(=O)O[C@@H](CC=C(Sc1ccccc1)Sc1ccccc1)c1ccc(F)cc1. The highest BCUT2D eigenvalue weighted by Gasteiger charge is 2.15. The summed E-state index contributed by atoms with van der Waals surface area (Å²) >= 11 is 3.33. The Bertz CT molecular complexity index is 898. The number of benzene rings is 3. The van der Waals surface area contributed by atoms with Gasteiger partial charge in [0.05, 0.1) is 0 Å². The Morgan fingerprint density at radius 1 is 0.897 bits per heavy atom. The lowest BCUT2D eigenvalue weighted by Gasteiger charge is -2.17. The zero-order chi connectivity index (χ0) is 20.5. The van der Waals surface area contributed by atoms with Crippen molar-refractivity contribution < 1.29 is 13.9 Å². The molecule has 0 unspecified atom stereocenters. The Morgan fingerprint density at radius 3 is 1.90 bits per heavy atom. The summed E-state index contributed by atoms with van der Waals surface area (Å²) < 4.78 is 19.9. The fraction of sp³-hybridized carbons (Fsp3) is 0.125. The minimum atomic E-state index is -0.462. The zero-order valence-corrected chi connectivity index (χ0v) is 17.6.